The largest absolute Gasteiger partial charge is 0.493 e. The monoisotopic (exact) mass is 395 g/mol. The summed E-state index contributed by atoms with van der Waals surface area (Å²) in [5.41, 5.74) is 1.20. The van der Waals surface area contributed by atoms with Crippen LogP contribution in [0.15, 0.2) is 30.3 Å². The summed E-state index contributed by atoms with van der Waals surface area (Å²) in [6.07, 6.45) is -0.418. The number of carbonyl (C=O) groups is 2. The van der Waals surface area contributed by atoms with E-state index in [1.807, 2.05) is 0 Å². The molecule has 0 aromatic heterocycles. The molecule has 0 aliphatic carbocycles. The summed E-state index contributed by atoms with van der Waals surface area (Å²) in [6.45, 7) is 1.71. The molecule has 0 radical (unpaired) electrons. The predicted molar refractivity (Wildman–Crippen MR) is 98.2 cm³/mol. The second kappa shape index (κ2) is 8.73. The number of carbonyl (C=O) groups excluding carboxylic acids is 1. The summed E-state index contributed by atoms with van der Waals surface area (Å²) in [5, 5.41) is 11.7. The van der Waals surface area contributed by atoms with Crippen molar-refractivity contribution < 1.29 is 28.6 Å². The average Bonchev–Trinajstić information content (AvgIpc) is 2.62. The minimum atomic E-state index is -1.14. The fourth-order valence-electron chi connectivity index (χ4n) is 2.62. The Hall–Kier alpha value is -2.80. The molecule has 0 saturated carbocycles. The third-order valence-corrected chi connectivity index (χ3v) is 4.31. The zero-order valence-corrected chi connectivity index (χ0v) is 15.8. The first kappa shape index (κ1) is 20.5. The molecule has 6 nitrogen and oxygen atoms in total. The standard InChI is InChI=1S/C19H19ClFNO5/c1-10-6-16(26-2)17(27-3)8-12(10)19(25)22-15(9-18(23)24)11-4-5-13(20)14(21)7-11/h4-8,15H,9H2,1-3H3,(H,22,25)(H,23,24). The van der Waals surface area contributed by atoms with Crippen molar-refractivity contribution >= 4 is 23.5 Å². The highest BCUT2D eigenvalue weighted by Gasteiger charge is 2.22. The van der Waals surface area contributed by atoms with Crippen LogP contribution in [0.25, 0.3) is 0 Å². The summed E-state index contributed by atoms with van der Waals surface area (Å²) in [4.78, 5) is 23.9. The van der Waals surface area contributed by atoms with Crippen LogP contribution < -0.4 is 14.8 Å². The molecule has 8 heteroatoms. The van der Waals surface area contributed by atoms with Gasteiger partial charge in [-0.2, -0.15) is 0 Å². The fourth-order valence-corrected chi connectivity index (χ4v) is 2.73. The van der Waals surface area contributed by atoms with E-state index in [1.54, 1.807) is 13.0 Å². The van der Waals surface area contributed by atoms with Crippen molar-refractivity contribution in [3.8, 4) is 11.5 Å². The zero-order chi connectivity index (χ0) is 20.1. The molecule has 2 N–H and O–H groups in total. The molecule has 1 atom stereocenters. The van der Waals surface area contributed by atoms with E-state index in [9.17, 15) is 14.0 Å². The summed E-state index contributed by atoms with van der Waals surface area (Å²) in [6, 6.07) is 6.10. The fraction of sp³-hybridized carbons (Fsp3) is 0.263. The third-order valence-electron chi connectivity index (χ3n) is 4.01. The lowest BCUT2D eigenvalue weighted by molar-refractivity contribution is -0.137. The Labute approximate surface area is 160 Å². The van der Waals surface area contributed by atoms with Gasteiger partial charge in [0.2, 0.25) is 0 Å². The molecule has 2 aromatic rings. The van der Waals surface area contributed by atoms with Crippen molar-refractivity contribution in [1.82, 2.24) is 5.32 Å². The first-order valence-electron chi connectivity index (χ1n) is 7.97. The van der Waals surface area contributed by atoms with Gasteiger partial charge in [-0.15, -0.1) is 0 Å². The second-order valence-corrected chi connectivity index (χ2v) is 6.23. The van der Waals surface area contributed by atoms with Crippen LogP contribution in [0.4, 0.5) is 4.39 Å². The maximum Gasteiger partial charge on any atom is 0.305 e. The molecule has 0 bridgehead atoms. The van der Waals surface area contributed by atoms with Gasteiger partial charge < -0.3 is 19.9 Å². The quantitative estimate of drug-likeness (QED) is 0.745. The third kappa shape index (κ3) is 4.89. The van der Waals surface area contributed by atoms with Gasteiger partial charge in [-0.05, 0) is 42.3 Å². The number of halogens is 2. The second-order valence-electron chi connectivity index (χ2n) is 5.82. The smallest absolute Gasteiger partial charge is 0.305 e. The van der Waals surface area contributed by atoms with E-state index in [0.717, 1.165) is 6.07 Å². The van der Waals surface area contributed by atoms with E-state index in [4.69, 9.17) is 26.2 Å². The minimum Gasteiger partial charge on any atom is -0.493 e. The number of benzene rings is 2. The molecule has 0 aliphatic heterocycles. The Balaban J connectivity index is 2.36. The van der Waals surface area contributed by atoms with E-state index in [0.29, 0.717) is 22.6 Å². The van der Waals surface area contributed by atoms with Crippen LogP contribution in [0.1, 0.15) is 33.9 Å². The van der Waals surface area contributed by atoms with Crippen LogP contribution >= 0.6 is 11.6 Å². The van der Waals surface area contributed by atoms with Crippen LogP contribution in [0, 0.1) is 12.7 Å². The lowest BCUT2D eigenvalue weighted by atomic mass is 10.0. The Morgan fingerprint density at radius 3 is 2.37 bits per heavy atom. The maximum absolute atomic E-state index is 13.8. The lowest BCUT2D eigenvalue weighted by Gasteiger charge is -2.19. The van der Waals surface area contributed by atoms with Gasteiger partial charge in [0.25, 0.3) is 5.91 Å². The van der Waals surface area contributed by atoms with Gasteiger partial charge in [-0.1, -0.05) is 17.7 Å². The van der Waals surface area contributed by atoms with Crippen molar-refractivity contribution in [1.29, 1.82) is 0 Å². The van der Waals surface area contributed by atoms with Crippen molar-refractivity contribution in [3.63, 3.8) is 0 Å². The number of ether oxygens (including phenoxy) is 2. The Morgan fingerprint density at radius 2 is 1.81 bits per heavy atom. The lowest BCUT2D eigenvalue weighted by Crippen LogP contribution is -2.30. The van der Waals surface area contributed by atoms with E-state index >= 15 is 0 Å². The first-order chi connectivity index (χ1) is 12.8. The molecule has 0 fully saturated rings. The van der Waals surface area contributed by atoms with Crippen LogP contribution in [0.2, 0.25) is 5.02 Å². The molecule has 1 amide bonds. The first-order valence-corrected chi connectivity index (χ1v) is 8.34. The van der Waals surface area contributed by atoms with Crippen LogP contribution in [-0.4, -0.2) is 31.2 Å². The number of hydrogen-bond acceptors (Lipinski definition) is 4. The van der Waals surface area contributed by atoms with Gasteiger partial charge >= 0.3 is 5.97 Å². The van der Waals surface area contributed by atoms with Gasteiger partial charge in [0.05, 0.1) is 31.7 Å². The molecule has 2 rings (SSSR count). The molecule has 2 aromatic carbocycles. The summed E-state index contributed by atoms with van der Waals surface area (Å²) >= 11 is 5.67. The molecule has 144 valence electrons. The summed E-state index contributed by atoms with van der Waals surface area (Å²) in [5.74, 6) is -1.52. The number of carboxylic acid groups (broad SMARTS) is 1. The zero-order valence-electron chi connectivity index (χ0n) is 15.0. The van der Waals surface area contributed by atoms with Gasteiger partial charge in [0.15, 0.2) is 11.5 Å². The normalized spacial score (nSPS) is 11.6. The van der Waals surface area contributed by atoms with E-state index in [2.05, 4.69) is 5.32 Å². The topological polar surface area (TPSA) is 84.9 Å². The number of hydrogen-bond donors (Lipinski definition) is 2. The SMILES string of the molecule is COc1cc(C)c(C(=O)NC(CC(=O)O)c2ccc(Cl)c(F)c2)cc1OC. The number of aryl methyl sites for hydroxylation is 1. The highest BCUT2D eigenvalue weighted by Crippen LogP contribution is 2.31. The van der Waals surface area contributed by atoms with Crippen LogP contribution in [0.3, 0.4) is 0 Å². The van der Waals surface area contributed by atoms with E-state index < -0.39 is 30.2 Å². The molecule has 0 aliphatic rings. The number of methoxy groups -OCH3 is 2. The molecule has 27 heavy (non-hydrogen) atoms. The maximum atomic E-state index is 13.8. The predicted octanol–water partition coefficient (Wildman–Crippen LogP) is 3.75. The van der Waals surface area contributed by atoms with E-state index in [-0.39, 0.29) is 10.6 Å². The van der Waals surface area contributed by atoms with Crippen molar-refractivity contribution in [2.75, 3.05) is 14.2 Å². The van der Waals surface area contributed by atoms with Crippen LogP contribution in [0.5, 0.6) is 11.5 Å². The van der Waals surface area contributed by atoms with Gasteiger partial charge in [0, 0.05) is 5.56 Å². The Kier molecular flexibility index (Phi) is 6.63. The highest BCUT2D eigenvalue weighted by atomic mass is 35.5. The van der Waals surface area contributed by atoms with Gasteiger partial charge in [-0.25, -0.2) is 4.39 Å². The number of amides is 1. The number of aliphatic carboxylic acids is 1. The van der Waals surface area contributed by atoms with Crippen molar-refractivity contribution in [3.05, 3.63) is 57.9 Å². The summed E-state index contributed by atoms with van der Waals surface area (Å²) in [7, 11) is 2.92. The van der Waals surface area contributed by atoms with Crippen molar-refractivity contribution in [2.45, 2.75) is 19.4 Å². The van der Waals surface area contributed by atoms with Gasteiger partial charge in [0.1, 0.15) is 5.82 Å². The molecule has 0 heterocycles. The number of rotatable bonds is 7. The molecule has 0 saturated heterocycles. The molecular weight excluding hydrogens is 377 g/mol. The highest BCUT2D eigenvalue weighted by molar-refractivity contribution is 6.30. The minimum absolute atomic E-state index is 0.0881. The average molecular weight is 396 g/mol. The Morgan fingerprint density at radius 1 is 1.19 bits per heavy atom. The van der Waals surface area contributed by atoms with E-state index in [1.165, 1.54) is 32.4 Å². The van der Waals surface area contributed by atoms with Crippen molar-refractivity contribution in [2.24, 2.45) is 0 Å². The molecular formula is C19H19ClFNO5. The summed E-state index contributed by atoms with van der Waals surface area (Å²) < 4.78 is 24.2. The molecule has 0 spiro atoms. The number of carboxylic acids is 1. The van der Waals surface area contributed by atoms with Crippen LogP contribution in [-0.2, 0) is 4.79 Å². The number of nitrogens with one attached hydrogen (secondary N) is 1. The van der Waals surface area contributed by atoms with Gasteiger partial charge in [-0.3, -0.25) is 9.59 Å². The molecule has 1 unspecified atom stereocenters. The Bertz CT molecular complexity index is 871.